The minimum atomic E-state index is -0.965. The van der Waals surface area contributed by atoms with Crippen LogP contribution in [0.4, 0.5) is 5.69 Å². The van der Waals surface area contributed by atoms with Gasteiger partial charge in [-0.2, -0.15) is 5.26 Å². The second-order valence-corrected chi connectivity index (χ2v) is 4.26. The van der Waals surface area contributed by atoms with Crippen LogP contribution >= 0.6 is 0 Å². The Morgan fingerprint density at radius 1 is 1.29 bits per heavy atom. The number of carboxylic acids is 1. The average molecular weight is 281 g/mol. The van der Waals surface area contributed by atoms with Gasteiger partial charge in [0.1, 0.15) is 0 Å². The van der Waals surface area contributed by atoms with E-state index < -0.39 is 5.97 Å². The van der Waals surface area contributed by atoms with Crippen molar-refractivity contribution in [3.8, 4) is 6.07 Å². The van der Waals surface area contributed by atoms with E-state index in [0.29, 0.717) is 22.5 Å². The highest BCUT2D eigenvalue weighted by Crippen LogP contribution is 2.10. The maximum absolute atomic E-state index is 12.0. The lowest BCUT2D eigenvalue weighted by Crippen LogP contribution is -2.12. The number of hydrogen-bond donors (Lipinski definition) is 2. The number of nitriles is 1. The molecule has 0 bridgehead atoms. The standard InChI is InChI=1S/C15H11N3O3/c16-8-10-2-1-3-11(6-10)15(21)18-13-5-4-12(17-9-13)7-14(19)20/h1-6,9H,7H2,(H,18,21)(H,19,20). The summed E-state index contributed by atoms with van der Waals surface area (Å²) in [7, 11) is 0. The second kappa shape index (κ2) is 6.30. The summed E-state index contributed by atoms with van der Waals surface area (Å²) in [6.45, 7) is 0. The highest BCUT2D eigenvalue weighted by molar-refractivity contribution is 6.04. The van der Waals surface area contributed by atoms with Gasteiger partial charge in [0.05, 0.1) is 35.6 Å². The number of nitrogens with zero attached hydrogens (tertiary/aromatic N) is 2. The monoisotopic (exact) mass is 281 g/mol. The van der Waals surface area contributed by atoms with Gasteiger partial charge in [-0.25, -0.2) is 0 Å². The minimum Gasteiger partial charge on any atom is -0.481 e. The molecule has 0 aliphatic carbocycles. The van der Waals surface area contributed by atoms with Crippen LogP contribution in [0.25, 0.3) is 0 Å². The third-order valence-electron chi connectivity index (χ3n) is 2.67. The summed E-state index contributed by atoms with van der Waals surface area (Å²) in [6.07, 6.45) is 1.22. The van der Waals surface area contributed by atoms with Crippen molar-refractivity contribution >= 4 is 17.6 Å². The number of benzene rings is 1. The summed E-state index contributed by atoms with van der Waals surface area (Å²) in [5.41, 5.74) is 1.63. The molecule has 0 unspecified atom stereocenters. The second-order valence-electron chi connectivity index (χ2n) is 4.26. The van der Waals surface area contributed by atoms with Crippen molar-refractivity contribution in [3.05, 3.63) is 59.4 Å². The number of amides is 1. The zero-order valence-corrected chi connectivity index (χ0v) is 10.9. The number of carbonyl (C=O) groups is 2. The Balaban J connectivity index is 2.09. The van der Waals surface area contributed by atoms with Gasteiger partial charge in [0, 0.05) is 5.56 Å². The fraction of sp³-hybridized carbons (Fsp3) is 0.0667. The Morgan fingerprint density at radius 2 is 2.10 bits per heavy atom. The van der Waals surface area contributed by atoms with E-state index in [4.69, 9.17) is 10.4 Å². The number of rotatable bonds is 4. The summed E-state index contributed by atoms with van der Waals surface area (Å²) in [5.74, 6) is -1.33. The van der Waals surface area contributed by atoms with Gasteiger partial charge < -0.3 is 10.4 Å². The molecule has 104 valence electrons. The van der Waals surface area contributed by atoms with Crippen LogP contribution in [0.2, 0.25) is 0 Å². The van der Waals surface area contributed by atoms with Crippen LogP contribution in [0.5, 0.6) is 0 Å². The first kappa shape index (κ1) is 14.2. The van der Waals surface area contributed by atoms with E-state index in [1.807, 2.05) is 6.07 Å². The Bertz CT molecular complexity index is 718. The molecule has 0 saturated heterocycles. The summed E-state index contributed by atoms with van der Waals surface area (Å²) >= 11 is 0. The summed E-state index contributed by atoms with van der Waals surface area (Å²) in [6, 6.07) is 11.4. The molecular weight excluding hydrogens is 270 g/mol. The van der Waals surface area contributed by atoms with Gasteiger partial charge in [-0.15, -0.1) is 0 Å². The summed E-state index contributed by atoms with van der Waals surface area (Å²) < 4.78 is 0. The number of hydrogen-bond acceptors (Lipinski definition) is 4. The normalized spacial score (nSPS) is 9.67. The number of aliphatic carboxylic acids is 1. The van der Waals surface area contributed by atoms with Crippen LogP contribution in [-0.4, -0.2) is 22.0 Å². The van der Waals surface area contributed by atoms with Crippen LogP contribution in [0.1, 0.15) is 21.6 Å². The predicted octanol–water partition coefficient (Wildman–Crippen LogP) is 1.83. The minimum absolute atomic E-state index is 0.168. The number of anilines is 1. The molecule has 2 aromatic rings. The van der Waals surface area contributed by atoms with Gasteiger partial charge in [0.15, 0.2) is 0 Å². The summed E-state index contributed by atoms with van der Waals surface area (Å²) in [4.78, 5) is 26.5. The largest absolute Gasteiger partial charge is 0.481 e. The molecule has 1 amide bonds. The molecule has 0 saturated carbocycles. The van der Waals surface area contributed by atoms with Crippen molar-refractivity contribution in [3.63, 3.8) is 0 Å². The molecule has 0 fully saturated rings. The maximum Gasteiger partial charge on any atom is 0.309 e. The van der Waals surface area contributed by atoms with Crippen molar-refractivity contribution in [2.45, 2.75) is 6.42 Å². The molecule has 0 aliphatic rings. The Labute approximate surface area is 120 Å². The smallest absolute Gasteiger partial charge is 0.309 e. The number of carbonyl (C=O) groups excluding carboxylic acids is 1. The first-order valence-electron chi connectivity index (χ1n) is 6.07. The SMILES string of the molecule is N#Cc1cccc(C(=O)Nc2ccc(CC(=O)O)nc2)c1. The number of carboxylic acid groups (broad SMARTS) is 1. The number of aromatic nitrogens is 1. The molecule has 0 spiro atoms. The molecule has 1 heterocycles. The molecule has 6 nitrogen and oxygen atoms in total. The Morgan fingerprint density at radius 3 is 2.71 bits per heavy atom. The van der Waals surface area contributed by atoms with Gasteiger partial charge in [-0.1, -0.05) is 6.07 Å². The topological polar surface area (TPSA) is 103 Å². The first-order chi connectivity index (χ1) is 10.1. The van der Waals surface area contributed by atoms with Crippen LogP contribution in [0, 0.1) is 11.3 Å². The fourth-order valence-corrected chi connectivity index (χ4v) is 1.69. The molecule has 0 aliphatic heterocycles. The van der Waals surface area contributed by atoms with E-state index in [-0.39, 0.29) is 12.3 Å². The van der Waals surface area contributed by atoms with Crippen LogP contribution in [0.15, 0.2) is 42.6 Å². The average Bonchev–Trinajstić information content (AvgIpc) is 2.49. The van der Waals surface area contributed by atoms with Crippen molar-refractivity contribution in [1.29, 1.82) is 5.26 Å². The molecule has 2 rings (SSSR count). The first-order valence-corrected chi connectivity index (χ1v) is 6.07. The zero-order chi connectivity index (χ0) is 15.2. The van der Waals surface area contributed by atoms with E-state index in [1.54, 1.807) is 24.3 Å². The van der Waals surface area contributed by atoms with E-state index in [0.717, 1.165) is 0 Å². The third kappa shape index (κ3) is 3.88. The third-order valence-corrected chi connectivity index (χ3v) is 2.67. The Hall–Kier alpha value is -3.20. The lowest BCUT2D eigenvalue weighted by Gasteiger charge is -2.05. The molecule has 0 radical (unpaired) electrons. The summed E-state index contributed by atoms with van der Waals surface area (Å²) in [5, 5.41) is 20.1. The molecular formula is C15H11N3O3. The van der Waals surface area contributed by atoms with Gasteiger partial charge in [-0.05, 0) is 30.3 Å². The maximum atomic E-state index is 12.0. The lowest BCUT2D eigenvalue weighted by atomic mass is 10.1. The predicted molar refractivity (Wildman–Crippen MR) is 74.7 cm³/mol. The number of pyridine rings is 1. The lowest BCUT2D eigenvalue weighted by molar-refractivity contribution is -0.136. The van der Waals surface area contributed by atoms with Gasteiger partial charge in [0.25, 0.3) is 5.91 Å². The highest BCUT2D eigenvalue weighted by atomic mass is 16.4. The van der Waals surface area contributed by atoms with Crippen LogP contribution < -0.4 is 5.32 Å². The van der Waals surface area contributed by atoms with Gasteiger partial charge >= 0.3 is 5.97 Å². The van der Waals surface area contributed by atoms with Crippen LogP contribution in [-0.2, 0) is 11.2 Å². The van der Waals surface area contributed by atoms with E-state index in [9.17, 15) is 9.59 Å². The molecule has 2 N–H and O–H groups in total. The van der Waals surface area contributed by atoms with E-state index in [2.05, 4.69) is 10.3 Å². The van der Waals surface area contributed by atoms with Gasteiger partial charge in [-0.3, -0.25) is 14.6 Å². The molecule has 6 heteroatoms. The van der Waals surface area contributed by atoms with Crippen molar-refractivity contribution in [2.24, 2.45) is 0 Å². The molecule has 1 aromatic heterocycles. The highest BCUT2D eigenvalue weighted by Gasteiger charge is 2.08. The molecule has 0 atom stereocenters. The van der Waals surface area contributed by atoms with E-state index >= 15 is 0 Å². The Kier molecular flexibility index (Phi) is 4.26. The molecule has 21 heavy (non-hydrogen) atoms. The zero-order valence-electron chi connectivity index (χ0n) is 10.9. The van der Waals surface area contributed by atoms with Crippen LogP contribution in [0.3, 0.4) is 0 Å². The van der Waals surface area contributed by atoms with E-state index in [1.165, 1.54) is 18.3 Å². The van der Waals surface area contributed by atoms with Crippen molar-refractivity contribution in [1.82, 2.24) is 4.98 Å². The van der Waals surface area contributed by atoms with Gasteiger partial charge in [0.2, 0.25) is 0 Å². The quantitative estimate of drug-likeness (QED) is 0.889. The van der Waals surface area contributed by atoms with Crippen molar-refractivity contribution in [2.75, 3.05) is 5.32 Å². The number of nitrogens with one attached hydrogen (secondary N) is 1. The van der Waals surface area contributed by atoms with Crippen molar-refractivity contribution < 1.29 is 14.7 Å². The fourth-order valence-electron chi connectivity index (χ4n) is 1.69. The molecule has 1 aromatic carbocycles.